The molecule has 0 N–H and O–H groups in total. The van der Waals surface area contributed by atoms with E-state index in [1.165, 1.54) is 26.4 Å². The van der Waals surface area contributed by atoms with E-state index in [9.17, 15) is 4.79 Å². The van der Waals surface area contributed by atoms with Crippen molar-refractivity contribution in [2.24, 2.45) is 5.92 Å². The van der Waals surface area contributed by atoms with Crippen LogP contribution in [0.15, 0.2) is 18.2 Å². The summed E-state index contributed by atoms with van der Waals surface area (Å²) in [5.74, 6) is 0.828. The van der Waals surface area contributed by atoms with E-state index in [1.54, 1.807) is 6.07 Å². The van der Waals surface area contributed by atoms with Gasteiger partial charge in [0.05, 0.1) is 13.7 Å². The fourth-order valence-electron chi connectivity index (χ4n) is 2.13. The summed E-state index contributed by atoms with van der Waals surface area (Å²) in [6, 6.07) is 5.57. The van der Waals surface area contributed by atoms with Crippen molar-refractivity contribution in [2.75, 3.05) is 13.7 Å². The molecule has 0 spiro atoms. The van der Waals surface area contributed by atoms with Crippen LogP contribution in [-0.2, 0) is 4.74 Å². The molecule has 0 saturated heterocycles. The van der Waals surface area contributed by atoms with Gasteiger partial charge in [-0.05, 0) is 37.0 Å². The first-order valence-corrected chi connectivity index (χ1v) is 7.44. The molecule has 3 nitrogen and oxygen atoms in total. The van der Waals surface area contributed by atoms with Crippen LogP contribution in [0.3, 0.4) is 0 Å². The summed E-state index contributed by atoms with van der Waals surface area (Å²) in [5.41, 5.74) is 1.58. The average molecular weight is 278 g/mol. The monoisotopic (exact) mass is 278 g/mol. The number of esters is 1. The Morgan fingerprint density at radius 2 is 2.05 bits per heavy atom. The number of carbonyl (C=O) groups is 1. The lowest BCUT2D eigenvalue weighted by Gasteiger charge is -2.17. The molecule has 112 valence electrons. The summed E-state index contributed by atoms with van der Waals surface area (Å²) in [6.07, 6.45) is 4.69. The predicted molar refractivity (Wildman–Crippen MR) is 81.3 cm³/mol. The van der Waals surface area contributed by atoms with Gasteiger partial charge in [-0.1, -0.05) is 39.2 Å². The summed E-state index contributed by atoms with van der Waals surface area (Å²) in [7, 11) is 1.39. The van der Waals surface area contributed by atoms with Crippen LogP contribution in [0.1, 0.15) is 55.5 Å². The maximum absolute atomic E-state index is 11.7. The molecular weight excluding hydrogens is 252 g/mol. The van der Waals surface area contributed by atoms with E-state index in [0.29, 0.717) is 23.8 Å². The Hall–Kier alpha value is -1.51. The van der Waals surface area contributed by atoms with Crippen molar-refractivity contribution >= 4 is 5.97 Å². The lowest BCUT2D eigenvalue weighted by molar-refractivity contribution is 0.0595. The Labute approximate surface area is 122 Å². The minimum Gasteiger partial charge on any atom is -0.492 e. The molecular formula is C17H26O3. The molecule has 3 heteroatoms. The van der Waals surface area contributed by atoms with Crippen molar-refractivity contribution < 1.29 is 14.3 Å². The molecule has 0 heterocycles. The number of unbranched alkanes of at least 4 members (excludes halogenated alkanes) is 1. The average Bonchev–Trinajstić information content (AvgIpc) is 2.47. The number of ether oxygens (including phenoxy) is 2. The summed E-state index contributed by atoms with van der Waals surface area (Å²) < 4.78 is 10.7. The van der Waals surface area contributed by atoms with Crippen LogP contribution in [0.4, 0.5) is 0 Å². The van der Waals surface area contributed by atoms with E-state index in [0.717, 1.165) is 12.0 Å². The number of methoxy groups -OCH3 is 1. The quantitative estimate of drug-likeness (QED) is 0.662. The van der Waals surface area contributed by atoms with Gasteiger partial charge in [-0.15, -0.1) is 0 Å². The minimum absolute atomic E-state index is 0.346. The molecule has 0 aliphatic rings. The summed E-state index contributed by atoms with van der Waals surface area (Å²) in [4.78, 5) is 11.7. The van der Waals surface area contributed by atoms with E-state index in [-0.39, 0.29) is 5.97 Å². The fraction of sp³-hybridized carbons (Fsp3) is 0.588. The first-order valence-electron chi connectivity index (χ1n) is 7.44. The van der Waals surface area contributed by atoms with Crippen LogP contribution in [0.5, 0.6) is 5.75 Å². The maximum atomic E-state index is 11.7. The zero-order valence-electron chi connectivity index (χ0n) is 13.1. The second kappa shape index (κ2) is 8.62. The van der Waals surface area contributed by atoms with Gasteiger partial charge in [-0.3, -0.25) is 0 Å². The van der Waals surface area contributed by atoms with Gasteiger partial charge >= 0.3 is 5.97 Å². The first kappa shape index (κ1) is 16.5. The highest BCUT2D eigenvalue weighted by Gasteiger charge is 2.15. The van der Waals surface area contributed by atoms with Crippen molar-refractivity contribution in [1.82, 2.24) is 0 Å². The molecule has 0 saturated carbocycles. The van der Waals surface area contributed by atoms with Crippen LogP contribution in [-0.4, -0.2) is 19.7 Å². The minimum atomic E-state index is -0.346. The summed E-state index contributed by atoms with van der Waals surface area (Å²) in [6.45, 7) is 7.02. The van der Waals surface area contributed by atoms with Crippen molar-refractivity contribution in [1.29, 1.82) is 0 Å². The molecule has 0 aromatic heterocycles. The summed E-state index contributed by atoms with van der Waals surface area (Å²) in [5, 5.41) is 0. The molecule has 0 aliphatic carbocycles. The number of benzene rings is 1. The first-order chi connectivity index (χ1) is 9.62. The van der Waals surface area contributed by atoms with Crippen LogP contribution in [0.2, 0.25) is 0 Å². The maximum Gasteiger partial charge on any atom is 0.341 e. The van der Waals surface area contributed by atoms with Crippen molar-refractivity contribution in [3.63, 3.8) is 0 Å². The van der Waals surface area contributed by atoms with Gasteiger partial charge < -0.3 is 9.47 Å². The Kier molecular flexibility index (Phi) is 7.13. The number of aryl methyl sites for hydroxylation is 1. The molecule has 0 fully saturated rings. The second-order valence-corrected chi connectivity index (χ2v) is 5.22. The van der Waals surface area contributed by atoms with Crippen LogP contribution >= 0.6 is 0 Å². The smallest absolute Gasteiger partial charge is 0.341 e. The van der Waals surface area contributed by atoms with E-state index in [4.69, 9.17) is 9.47 Å². The zero-order valence-corrected chi connectivity index (χ0v) is 13.1. The number of rotatable bonds is 8. The molecule has 0 radical (unpaired) electrons. The highest BCUT2D eigenvalue weighted by atomic mass is 16.5. The van der Waals surface area contributed by atoms with Crippen molar-refractivity contribution in [2.45, 2.75) is 46.5 Å². The molecule has 0 aliphatic heterocycles. The third-order valence-electron chi connectivity index (χ3n) is 3.56. The number of hydrogen-bond acceptors (Lipinski definition) is 3. The van der Waals surface area contributed by atoms with Crippen molar-refractivity contribution in [3.8, 4) is 5.75 Å². The Morgan fingerprint density at radius 3 is 2.65 bits per heavy atom. The van der Waals surface area contributed by atoms with Gasteiger partial charge in [0.25, 0.3) is 0 Å². The Bertz CT molecular complexity index is 426. The van der Waals surface area contributed by atoms with Gasteiger partial charge in [0.15, 0.2) is 0 Å². The van der Waals surface area contributed by atoms with Crippen LogP contribution < -0.4 is 4.74 Å². The molecule has 1 aromatic rings. The number of hydrogen-bond donors (Lipinski definition) is 0. The molecule has 0 bridgehead atoms. The highest BCUT2D eigenvalue weighted by Crippen LogP contribution is 2.23. The Balaban J connectivity index is 2.74. The lowest BCUT2D eigenvalue weighted by Crippen LogP contribution is -2.13. The van der Waals surface area contributed by atoms with Gasteiger partial charge in [0.1, 0.15) is 11.3 Å². The van der Waals surface area contributed by atoms with Gasteiger partial charge in [-0.2, -0.15) is 0 Å². The molecule has 20 heavy (non-hydrogen) atoms. The molecule has 0 unspecified atom stereocenters. The van der Waals surface area contributed by atoms with E-state index in [2.05, 4.69) is 13.8 Å². The van der Waals surface area contributed by atoms with Crippen LogP contribution in [0, 0.1) is 12.8 Å². The molecule has 1 rings (SSSR count). The largest absolute Gasteiger partial charge is 0.492 e. The van der Waals surface area contributed by atoms with E-state index < -0.39 is 0 Å². The van der Waals surface area contributed by atoms with E-state index >= 15 is 0 Å². The van der Waals surface area contributed by atoms with Crippen molar-refractivity contribution in [3.05, 3.63) is 29.3 Å². The normalized spacial score (nSPS) is 12.0. The fourth-order valence-corrected chi connectivity index (χ4v) is 2.13. The Morgan fingerprint density at radius 1 is 1.30 bits per heavy atom. The topological polar surface area (TPSA) is 35.5 Å². The third kappa shape index (κ3) is 4.87. The molecule has 0 amide bonds. The van der Waals surface area contributed by atoms with E-state index in [1.807, 2.05) is 19.1 Å². The SMILES string of the molecule is CCCC[C@H](CC)COc1cc(C)ccc1C(=O)OC. The highest BCUT2D eigenvalue weighted by molar-refractivity contribution is 5.92. The van der Waals surface area contributed by atoms with Gasteiger partial charge in [0.2, 0.25) is 0 Å². The van der Waals surface area contributed by atoms with Gasteiger partial charge in [-0.25, -0.2) is 4.79 Å². The van der Waals surface area contributed by atoms with Gasteiger partial charge in [0, 0.05) is 0 Å². The third-order valence-corrected chi connectivity index (χ3v) is 3.56. The zero-order chi connectivity index (χ0) is 15.0. The second-order valence-electron chi connectivity index (χ2n) is 5.22. The standard InChI is InChI=1S/C17H26O3/c1-5-7-8-14(6-2)12-20-16-11-13(3)9-10-15(16)17(18)19-4/h9-11,14H,5-8,12H2,1-4H3/t14-/m0/s1. The molecule has 1 atom stereocenters. The summed E-state index contributed by atoms with van der Waals surface area (Å²) >= 11 is 0. The predicted octanol–water partition coefficient (Wildman–Crippen LogP) is 4.38. The molecule has 1 aromatic carbocycles. The van der Waals surface area contributed by atoms with Crippen LogP contribution in [0.25, 0.3) is 0 Å². The lowest BCUT2D eigenvalue weighted by atomic mass is 10.0. The number of carbonyl (C=O) groups excluding carboxylic acids is 1.